The molecule has 0 atom stereocenters. The minimum absolute atomic E-state index is 0.0595. The van der Waals surface area contributed by atoms with Gasteiger partial charge in [0.25, 0.3) is 0 Å². The van der Waals surface area contributed by atoms with Crippen molar-refractivity contribution in [3.63, 3.8) is 0 Å². The van der Waals surface area contributed by atoms with Gasteiger partial charge in [0.1, 0.15) is 11.2 Å². The van der Waals surface area contributed by atoms with E-state index < -0.39 is 0 Å². The van der Waals surface area contributed by atoms with Crippen molar-refractivity contribution in [3.8, 4) is 51.0 Å². The molecule has 8 aromatic carbocycles. The van der Waals surface area contributed by atoms with Crippen molar-refractivity contribution in [2.24, 2.45) is 0 Å². The molecule has 4 aromatic heterocycles. The summed E-state index contributed by atoms with van der Waals surface area (Å²) in [6.07, 6.45) is 0. The monoisotopic (exact) mass is 752 g/mol. The average molecular weight is 753 g/mol. The molecule has 0 radical (unpaired) electrons. The molecule has 6 heteroatoms. The minimum Gasteiger partial charge on any atom is -0.455 e. The first-order valence-electron chi connectivity index (χ1n) is 21.5. The molecule has 0 aliphatic carbocycles. The van der Waals surface area contributed by atoms with Crippen LogP contribution in [0.1, 0.15) is 8.22 Å². The lowest BCUT2D eigenvalue weighted by Gasteiger charge is -2.16. The maximum atomic E-state index is 9.33. The molecule has 0 fully saturated rings. The van der Waals surface area contributed by atoms with E-state index in [4.69, 9.17) is 24.9 Å². The van der Waals surface area contributed by atoms with Crippen molar-refractivity contribution in [1.29, 1.82) is 0 Å². The fraction of sp³-hybridized carbons (Fsp3) is 0. The van der Waals surface area contributed by atoms with Crippen molar-refractivity contribution in [1.82, 2.24) is 19.5 Å². The lowest BCUT2D eigenvalue weighted by atomic mass is 9.98. The fourth-order valence-electron chi connectivity index (χ4n) is 8.10. The Morgan fingerprint density at radius 1 is 0.474 bits per heavy atom. The van der Waals surface area contributed by atoms with Gasteiger partial charge in [-0.2, -0.15) is 0 Å². The van der Waals surface area contributed by atoms with Gasteiger partial charge < -0.3 is 8.98 Å². The molecule has 5 nitrogen and oxygen atoms in total. The zero-order valence-corrected chi connectivity index (χ0v) is 30.8. The Morgan fingerprint density at radius 3 is 1.95 bits per heavy atom. The van der Waals surface area contributed by atoms with E-state index in [0.717, 1.165) is 53.2 Å². The minimum atomic E-state index is -0.190. The van der Waals surface area contributed by atoms with Gasteiger partial charge in [-0.15, -0.1) is 11.3 Å². The van der Waals surface area contributed by atoms with E-state index in [-0.39, 0.29) is 58.1 Å². The Labute approximate surface area is 339 Å². The summed E-state index contributed by atoms with van der Waals surface area (Å²) in [6, 6.07) is 45.7. The van der Waals surface area contributed by atoms with E-state index in [0.29, 0.717) is 39.9 Å². The highest BCUT2D eigenvalue weighted by Gasteiger charge is 2.22. The van der Waals surface area contributed by atoms with Crippen molar-refractivity contribution < 1.29 is 12.6 Å². The summed E-state index contributed by atoms with van der Waals surface area (Å²) in [4.78, 5) is 15.4. The van der Waals surface area contributed by atoms with Gasteiger partial charge in [0.05, 0.1) is 24.9 Å². The van der Waals surface area contributed by atoms with Crippen LogP contribution in [0.5, 0.6) is 0 Å². The van der Waals surface area contributed by atoms with Crippen molar-refractivity contribution in [3.05, 3.63) is 182 Å². The number of benzene rings is 8. The second kappa shape index (κ2) is 12.6. The van der Waals surface area contributed by atoms with Crippen molar-refractivity contribution >= 4 is 75.3 Å². The summed E-state index contributed by atoms with van der Waals surface area (Å²) in [5.74, 6) is 1.35. The first-order chi connectivity index (χ1) is 30.7. The normalized spacial score (nSPS) is 13.3. The van der Waals surface area contributed by atoms with Gasteiger partial charge in [0.2, 0.25) is 0 Å². The molecule has 0 unspecified atom stereocenters. The van der Waals surface area contributed by atoms with Gasteiger partial charge in [-0.05, 0) is 36.4 Å². The molecule has 0 bridgehead atoms. The number of furan rings is 1. The van der Waals surface area contributed by atoms with E-state index in [1.807, 2.05) is 115 Å². The van der Waals surface area contributed by atoms with Gasteiger partial charge in [0, 0.05) is 69.5 Å². The molecule has 12 rings (SSSR count). The number of para-hydroxylation sites is 4. The predicted molar refractivity (Wildman–Crippen MR) is 236 cm³/mol. The highest BCUT2D eigenvalue weighted by atomic mass is 32.1. The summed E-state index contributed by atoms with van der Waals surface area (Å²) in [6.45, 7) is 0. The molecule has 57 heavy (non-hydrogen) atoms. The standard InChI is InChI=1S/C51H30N4OS/c1-2-14-31(15-3-1)49-52-50(54-51(53-49)40-22-13-27-46-47(40)39-19-7-11-26-45(39)57-46)32-28-29-35(37-20-12-21-38-36-18-6-10-25-44(36)56-48(37)38)43(30-32)55-41-23-8-4-16-33(41)34-17-5-9-24-42(34)55/h1-30H/i4D,5D,16D,17D,23D,24D. The zero-order valence-electron chi connectivity index (χ0n) is 36.0. The Kier molecular flexibility index (Phi) is 5.82. The molecule has 0 spiro atoms. The molecule has 0 N–H and O–H groups in total. The molecule has 4 heterocycles. The van der Waals surface area contributed by atoms with Crippen LogP contribution >= 0.6 is 11.3 Å². The van der Waals surface area contributed by atoms with Gasteiger partial charge >= 0.3 is 0 Å². The molecule has 266 valence electrons. The molecule has 0 amide bonds. The number of thiophene rings is 1. The SMILES string of the molecule is [2H]c1cc([2H])c2c(c1[2H])c1c([2H])c([2H])cc([2H])c1n2-c1cc(-c2nc(-c3ccccc3)nc(-c3cccc4sc5ccccc5c34)n2)ccc1-c1cccc2c1oc1ccccc12. The average Bonchev–Trinajstić information content (AvgIpc) is 4.01. The van der Waals surface area contributed by atoms with E-state index in [1.54, 1.807) is 15.9 Å². The van der Waals surface area contributed by atoms with E-state index in [1.165, 1.54) is 12.1 Å². The van der Waals surface area contributed by atoms with Crippen LogP contribution in [-0.4, -0.2) is 19.5 Å². The van der Waals surface area contributed by atoms with Crippen LogP contribution < -0.4 is 0 Å². The number of hydrogen-bond donors (Lipinski definition) is 0. The molecule has 0 aliphatic rings. The molecular formula is C51H30N4OS. The molecule has 0 saturated carbocycles. The Balaban J connectivity index is 1.20. The molecule has 12 aromatic rings. The number of fused-ring (bicyclic) bond motifs is 9. The summed E-state index contributed by atoms with van der Waals surface area (Å²) < 4.78 is 64.8. The van der Waals surface area contributed by atoms with Crippen molar-refractivity contribution in [2.45, 2.75) is 0 Å². The third kappa shape index (κ3) is 4.98. The van der Waals surface area contributed by atoms with Crippen LogP contribution in [0, 0.1) is 0 Å². The third-order valence-electron chi connectivity index (χ3n) is 10.6. The summed E-state index contributed by atoms with van der Waals surface area (Å²) in [7, 11) is 0. The van der Waals surface area contributed by atoms with Gasteiger partial charge in [-0.3, -0.25) is 0 Å². The first kappa shape index (κ1) is 26.4. The third-order valence-corrected chi connectivity index (χ3v) is 11.8. The van der Waals surface area contributed by atoms with Crippen LogP contribution in [0.15, 0.2) is 186 Å². The molecular weight excluding hydrogens is 717 g/mol. The van der Waals surface area contributed by atoms with Crippen LogP contribution in [0.2, 0.25) is 0 Å². The number of hydrogen-bond acceptors (Lipinski definition) is 5. The maximum absolute atomic E-state index is 9.33. The fourth-order valence-corrected chi connectivity index (χ4v) is 9.23. The zero-order chi connectivity index (χ0) is 42.7. The largest absolute Gasteiger partial charge is 0.455 e. The second-order valence-electron chi connectivity index (χ2n) is 13.9. The lowest BCUT2D eigenvalue weighted by molar-refractivity contribution is 0.670. The number of rotatable bonds is 5. The highest BCUT2D eigenvalue weighted by Crippen LogP contribution is 2.43. The Hall–Kier alpha value is -7.41. The topological polar surface area (TPSA) is 56.7 Å². The first-order valence-corrected chi connectivity index (χ1v) is 19.3. The van der Waals surface area contributed by atoms with E-state index in [2.05, 4.69) is 18.2 Å². The molecule has 0 saturated heterocycles. The van der Waals surface area contributed by atoms with Gasteiger partial charge in [-0.1, -0.05) is 145 Å². The quantitative estimate of drug-likeness (QED) is 0.176. The van der Waals surface area contributed by atoms with Crippen LogP contribution in [-0.2, 0) is 0 Å². The van der Waals surface area contributed by atoms with Gasteiger partial charge in [-0.25, -0.2) is 15.0 Å². The second-order valence-corrected chi connectivity index (χ2v) is 14.9. The van der Waals surface area contributed by atoms with E-state index in [9.17, 15) is 2.74 Å². The summed E-state index contributed by atoms with van der Waals surface area (Å²) >= 11 is 1.72. The van der Waals surface area contributed by atoms with Crippen LogP contribution in [0.4, 0.5) is 0 Å². The van der Waals surface area contributed by atoms with Crippen molar-refractivity contribution in [2.75, 3.05) is 0 Å². The lowest BCUT2D eigenvalue weighted by Crippen LogP contribution is -2.02. The smallest absolute Gasteiger partial charge is 0.164 e. The van der Waals surface area contributed by atoms with E-state index >= 15 is 0 Å². The maximum Gasteiger partial charge on any atom is 0.164 e. The summed E-state index contributed by atoms with van der Waals surface area (Å²) in [5.41, 5.74) is 6.04. The predicted octanol–water partition coefficient (Wildman–Crippen LogP) is 13.9. The number of nitrogens with zero attached hydrogens (tertiary/aromatic N) is 4. The molecule has 0 aliphatic heterocycles. The Bertz CT molecular complexity index is 3830. The van der Waals surface area contributed by atoms with Crippen LogP contribution in [0.25, 0.3) is 115 Å². The Morgan fingerprint density at radius 2 is 1.12 bits per heavy atom. The van der Waals surface area contributed by atoms with Gasteiger partial charge in [0.15, 0.2) is 17.5 Å². The summed E-state index contributed by atoms with van der Waals surface area (Å²) in [5, 5.41) is 4.36. The number of aromatic nitrogens is 4. The van der Waals surface area contributed by atoms with Crippen LogP contribution in [0.3, 0.4) is 0 Å². The highest BCUT2D eigenvalue weighted by molar-refractivity contribution is 7.25.